The Morgan fingerprint density at radius 3 is 2.74 bits per heavy atom. The molecule has 3 heterocycles. The first-order valence-corrected chi connectivity index (χ1v) is 8.64. The molecule has 1 aliphatic heterocycles. The van der Waals surface area contributed by atoms with Gasteiger partial charge in [0, 0.05) is 24.3 Å². The van der Waals surface area contributed by atoms with E-state index < -0.39 is 11.2 Å². The van der Waals surface area contributed by atoms with Crippen LogP contribution in [0.4, 0.5) is 5.82 Å². The molecule has 7 heteroatoms. The maximum atomic E-state index is 11.9. The normalized spacial score (nSPS) is 17.9. The zero-order chi connectivity index (χ0) is 13.4. The third-order valence-electron chi connectivity index (χ3n) is 3.36. The van der Waals surface area contributed by atoms with E-state index in [4.69, 9.17) is 0 Å². The molecule has 0 aromatic carbocycles. The number of hydrogen-bond donors (Lipinski definition) is 0. The predicted molar refractivity (Wildman–Crippen MR) is 79.1 cm³/mol. The Kier molecular flexibility index (Phi) is 3.68. The minimum absolute atomic E-state index is 0.691. The lowest BCUT2D eigenvalue weighted by molar-refractivity contribution is 0.570. The van der Waals surface area contributed by atoms with Crippen LogP contribution in [-0.2, 0) is 11.2 Å². The van der Waals surface area contributed by atoms with E-state index in [0.717, 1.165) is 29.0 Å². The Labute approximate surface area is 123 Å². The van der Waals surface area contributed by atoms with Crippen molar-refractivity contribution in [1.82, 2.24) is 14.6 Å². The smallest absolute Gasteiger partial charge is 0.251 e. The summed E-state index contributed by atoms with van der Waals surface area (Å²) in [5.74, 6) is 0.901. The molecule has 0 radical (unpaired) electrons. The van der Waals surface area contributed by atoms with E-state index >= 15 is 0 Å². The highest BCUT2D eigenvalue weighted by Crippen LogP contribution is 2.25. The number of nitrogens with zero attached hydrogens (tertiary/aromatic N) is 4. The van der Waals surface area contributed by atoms with Gasteiger partial charge in [-0.25, -0.2) is 4.98 Å². The van der Waals surface area contributed by atoms with Crippen molar-refractivity contribution >= 4 is 38.6 Å². The lowest BCUT2D eigenvalue weighted by Crippen LogP contribution is -2.30. The molecule has 5 nitrogen and oxygen atoms in total. The molecule has 0 aliphatic carbocycles. The van der Waals surface area contributed by atoms with Crippen LogP contribution >= 0.6 is 15.9 Å². The second-order valence-electron chi connectivity index (χ2n) is 4.68. The molecular weight excluding hydrogens is 328 g/mol. The molecule has 0 N–H and O–H groups in total. The summed E-state index contributed by atoms with van der Waals surface area (Å²) in [6, 6.07) is 1.90. The molecule has 1 aliphatic rings. The molecule has 102 valence electrons. The highest BCUT2D eigenvalue weighted by Gasteiger charge is 2.20. The van der Waals surface area contributed by atoms with E-state index in [-0.39, 0.29) is 0 Å². The molecule has 0 spiro atoms. The van der Waals surface area contributed by atoms with E-state index in [0.29, 0.717) is 5.03 Å². The summed E-state index contributed by atoms with van der Waals surface area (Å²) in [7, 11) is 0. The molecule has 1 fully saturated rings. The standard InChI is InChI=1S/C12H15BrN4OS/c1-19(18)11-7-10(16-5-3-2-4-6-16)15-12-9(13)8-14-17(11)12/h7-8H,2-6H2,1H3. The fraction of sp³-hybridized carbons (Fsp3) is 0.500. The van der Waals surface area contributed by atoms with Gasteiger partial charge in [0.15, 0.2) is 5.65 Å². The third kappa shape index (κ3) is 2.46. The molecular formula is C12H15BrN4OS. The van der Waals surface area contributed by atoms with Crippen LogP contribution in [-0.4, -0.2) is 38.5 Å². The van der Waals surface area contributed by atoms with Gasteiger partial charge >= 0.3 is 0 Å². The van der Waals surface area contributed by atoms with Crippen LogP contribution in [0.25, 0.3) is 5.65 Å². The van der Waals surface area contributed by atoms with E-state index in [9.17, 15) is 4.55 Å². The van der Waals surface area contributed by atoms with Crippen LogP contribution in [0.3, 0.4) is 0 Å². The minimum atomic E-state index is -1.09. The number of anilines is 1. The lowest BCUT2D eigenvalue weighted by Gasteiger charge is -2.27. The van der Waals surface area contributed by atoms with Gasteiger partial charge in [0.05, 0.1) is 16.7 Å². The minimum Gasteiger partial charge on any atom is -0.610 e. The average molecular weight is 343 g/mol. The Morgan fingerprint density at radius 2 is 2.05 bits per heavy atom. The van der Waals surface area contributed by atoms with Crippen molar-refractivity contribution in [3.8, 4) is 0 Å². The quantitative estimate of drug-likeness (QED) is 0.620. The van der Waals surface area contributed by atoms with E-state index in [1.807, 2.05) is 6.07 Å². The molecule has 0 bridgehead atoms. The topological polar surface area (TPSA) is 56.5 Å². The summed E-state index contributed by atoms with van der Waals surface area (Å²) in [6.07, 6.45) is 7.03. The number of hydrogen-bond acceptors (Lipinski definition) is 4. The van der Waals surface area contributed by atoms with Crippen LogP contribution in [0.2, 0.25) is 0 Å². The van der Waals surface area contributed by atoms with Gasteiger partial charge in [-0.2, -0.15) is 9.61 Å². The lowest BCUT2D eigenvalue weighted by atomic mass is 10.1. The van der Waals surface area contributed by atoms with E-state index in [1.54, 1.807) is 17.0 Å². The van der Waals surface area contributed by atoms with Gasteiger partial charge in [-0.3, -0.25) is 0 Å². The zero-order valence-electron chi connectivity index (χ0n) is 10.7. The van der Waals surface area contributed by atoms with Gasteiger partial charge in [-0.1, -0.05) is 0 Å². The Morgan fingerprint density at radius 1 is 1.32 bits per heavy atom. The van der Waals surface area contributed by atoms with Crippen molar-refractivity contribution in [3.63, 3.8) is 0 Å². The Hall–Kier alpha value is -0.790. The second-order valence-corrected chi connectivity index (χ2v) is 6.86. The van der Waals surface area contributed by atoms with Gasteiger partial charge in [0.2, 0.25) is 0 Å². The van der Waals surface area contributed by atoms with Crippen molar-refractivity contribution < 1.29 is 4.55 Å². The van der Waals surface area contributed by atoms with Crippen LogP contribution < -0.4 is 4.90 Å². The van der Waals surface area contributed by atoms with Crippen molar-refractivity contribution in [2.75, 3.05) is 24.2 Å². The average Bonchev–Trinajstić information content (AvgIpc) is 2.80. The third-order valence-corrected chi connectivity index (χ3v) is 4.80. The summed E-state index contributed by atoms with van der Waals surface area (Å²) < 4.78 is 14.4. The summed E-state index contributed by atoms with van der Waals surface area (Å²) in [5.41, 5.74) is 0.730. The maximum Gasteiger partial charge on any atom is 0.251 e. The van der Waals surface area contributed by atoms with Crippen molar-refractivity contribution in [1.29, 1.82) is 0 Å². The first-order valence-electron chi connectivity index (χ1n) is 6.29. The summed E-state index contributed by atoms with van der Waals surface area (Å²) in [4.78, 5) is 6.91. The number of piperidine rings is 1. The summed E-state index contributed by atoms with van der Waals surface area (Å²) >= 11 is 2.35. The van der Waals surface area contributed by atoms with Gasteiger partial charge in [-0.15, -0.1) is 0 Å². The highest BCUT2D eigenvalue weighted by atomic mass is 79.9. The summed E-state index contributed by atoms with van der Waals surface area (Å²) in [6.45, 7) is 2.04. The first kappa shape index (κ1) is 13.2. The Balaban J connectivity index is 2.11. The molecule has 19 heavy (non-hydrogen) atoms. The molecule has 0 saturated carbocycles. The molecule has 2 aromatic rings. The van der Waals surface area contributed by atoms with Crippen molar-refractivity contribution in [2.45, 2.75) is 24.3 Å². The summed E-state index contributed by atoms with van der Waals surface area (Å²) in [5, 5.41) is 4.91. The van der Waals surface area contributed by atoms with E-state index in [2.05, 4.69) is 30.9 Å². The zero-order valence-corrected chi connectivity index (χ0v) is 13.1. The molecule has 1 atom stereocenters. The monoisotopic (exact) mass is 342 g/mol. The number of rotatable bonds is 2. The van der Waals surface area contributed by atoms with Crippen molar-refractivity contribution in [3.05, 3.63) is 16.7 Å². The van der Waals surface area contributed by atoms with Gasteiger partial charge in [0.1, 0.15) is 12.1 Å². The van der Waals surface area contributed by atoms with Crippen LogP contribution in [0.1, 0.15) is 19.3 Å². The molecule has 2 aromatic heterocycles. The van der Waals surface area contributed by atoms with Gasteiger partial charge in [-0.05, 0) is 35.2 Å². The molecule has 1 saturated heterocycles. The van der Waals surface area contributed by atoms with E-state index in [1.165, 1.54) is 19.3 Å². The fourth-order valence-corrected chi connectivity index (χ4v) is 3.38. The second kappa shape index (κ2) is 5.30. The van der Waals surface area contributed by atoms with Gasteiger partial charge < -0.3 is 9.45 Å². The van der Waals surface area contributed by atoms with Crippen molar-refractivity contribution in [2.24, 2.45) is 0 Å². The fourth-order valence-electron chi connectivity index (χ4n) is 2.39. The molecule has 1 unspecified atom stereocenters. The molecule has 3 rings (SSSR count). The Bertz CT molecular complexity index is 595. The predicted octanol–water partition coefficient (Wildman–Crippen LogP) is 2.22. The van der Waals surface area contributed by atoms with Crippen LogP contribution in [0.5, 0.6) is 0 Å². The number of aromatic nitrogens is 3. The SMILES string of the molecule is C[S+]([O-])c1cc(N2CCCCC2)nc2c(Br)cnn12. The van der Waals surface area contributed by atoms with Crippen LogP contribution in [0, 0.1) is 0 Å². The highest BCUT2D eigenvalue weighted by molar-refractivity contribution is 9.10. The van der Waals surface area contributed by atoms with Crippen LogP contribution in [0.15, 0.2) is 21.8 Å². The maximum absolute atomic E-state index is 11.9. The van der Waals surface area contributed by atoms with Gasteiger partial charge in [0.25, 0.3) is 5.03 Å². The first-order chi connectivity index (χ1) is 9.16. The molecule has 0 amide bonds. The number of fused-ring (bicyclic) bond motifs is 1. The number of halogens is 1. The largest absolute Gasteiger partial charge is 0.610 e.